The quantitative estimate of drug-likeness (QED) is 0.886. The molecule has 0 saturated carbocycles. The Hall–Kier alpha value is -1.88. The van der Waals surface area contributed by atoms with Gasteiger partial charge in [0.05, 0.1) is 13.2 Å². The van der Waals surface area contributed by atoms with Gasteiger partial charge in [-0.3, -0.25) is 0 Å². The highest BCUT2D eigenvalue weighted by Crippen LogP contribution is 2.25. The van der Waals surface area contributed by atoms with Gasteiger partial charge >= 0.3 is 0 Å². The molecule has 0 atom stereocenters. The van der Waals surface area contributed by atoms with Crippen LogP contribution in [0.5, 0.6) is 5.75 Å². The molecular weight excluding hydrogens is 230 g/mol. The monoisotopic (exact) mass is 245 g/mol. The molecule has 2 aromatic rings. The van der Waals surface area contributed by atoms with Crippen LogP contribution in [0.25, 0.3) is 0 Å². The topological polar surface area (TPSA) is 60.2 Å². The molecule has 94 valence electrons. The Balaban J connectivity index is 1.57. The van der Waals surface area contributed by atoms with Gasteiger partial charge in [-0.1, -0.05) is 17.3 Å². The summed E-state index contributed by atoms with van der Waals surface area (Å²) >= 11 is 0. The van der Waals surface area contributed by atoms with Crippen molar-refractivity contribution in [2.75, 3.05) is 6.61 Å². The van der Waals surface area contributed by atoms with Crippen LogP contribution in [-0.4, -0.2) is 16.7 Å². The molecule has 0 spiro atoms. The summed E-state index contributed by atoms with van der Waals surface area (Å²) in [6.45, 7) is 3.99. The summed E-state index contributed by atoms with van der Waals surface area (Å²) in [4.78, 5) is 4.14. The van der Waals surface area contributed by atoms with Gasteiger partial charge in [0, 0.05) is 13.0 Å². The third-order valence-electron chi connectivity index (χ3n) is 2.93. The second-order valence-corrected chi connectivity index (χ2v) is 4.38. The Morgan fingerprint density at radius 3 is 3.11 bits per heavy atom. The number of aryl methyl sites for hydroxylation is 1. The summed E-state index contributed by atoms with van der Waals surface area (Å²) in [5.74, 6) is 2.31. The van der Waals surface area contributed by atoms with E-state index in [2.05, 4.69) is 27.6 Å². The van der Waals surface area contributed by atoms with Gasteiger partial charge in [0.2, 0.25) is 5.89 Å². The molecule has 5 nitrogen and oxygen atoms in total. The van der Waals surface area contributed by atoms with Crippen molar-refractivity contribution in [2.45, 2.75) is 26.4 Å². The molecule has 0 saturated heterocycles. The third-order valence-corrected chi connectivity index (χ3v) is 2.93. The van der Waals surface area contributed by atoms with Crippen molar-refractivity contribution in [3.8, 4) is 5.75 Å². The van der Waals surface area contributed by atoms with Crippen LogP contribution in [0.1, 0.15) is 22.8 Å². The number of hydrogen-bond acceptors (Lipinski definition) is 5. The molecule has 0 amide bonds. The van der Waals surface area contributed by atoms with Crippen molar-refractivity contribution in [3.63, 3.8) is 0 Å². The zero-order chi connectivity index (χ0) is 12.4. The van der Waals surface area contributed by atoms with E-state index >= 15 is 0 Å². The number of nitrogens with zero attached hydrogens (tertiary/aromatic N) is 2. The molecule has 1 aromatic heterocycles. The van der Waals surface area contributed by atoms with Gasteiger partial charge in [-0.25, -0.2) is 0 Å². The molecule has 2 heterocycles. The lowest BCUT2D eigenvalue weighted by molar-refractivity contribution is 0.356. The molecule has 0 aliphatic carbocycles. The summed E-state index contributed by atoms with van der Waals surface area (Å²) in [7, 11) is 0. The highest BCUT2D eigenvalue weighted by Gasteiger charge is 2.11. The van der Waals surface area contributed by atoms with Crippen molar-refractivity contribution in [1.82, 2.24) is 15.5 Å². The third kappa shape index (κ3) is 2.36. The number of rotatable bonds is 4. The molecular formula is C13H15N3O2. The molecule has 0 fully saturated rings. The van der Waals surface area contributed by atoms with E-state index in [1.807, 2.05) is 13.0 Å². The van der Waals surface area contributed by atoms with Crippen molar-refractivity contribution < 1.29 is 9.26 Å². The highest BCUT2D eigenvalue weighted by molar-refractivity contribution is 5.39. The second kappa shape index (κ2) is 4.78. The number of fused-ring (bicyclic) bond motifs is 1. The maximum Gasteiger partial charge on any atom is 0.240 e. The number of benzene rings is 1. The molecule has 5 heteroatoms. The first-order valence-corrected chi connectivity index (χ1v) is 6.06. The van der Waals surface area contributed by atoms with E-state index in [0.717, 1.165) is 25.3 Å². The zero-order valence-corrected chi connectivity index (χ0v) is 10.3. The van der Waals surface area contributed by atoms with E-state index in [1.165, 1.54) is 11.1 Å². The molecule has 1 N–H and O–H groups in total. The van der Waals surface area contributed by atoms with E-state index in [-0.39, 0.29) is 0 Å². The van der Waals surface area contributed by atoms with Crippen LogP contribution < -0.4 is 10.1 Å². The fourth-order valence-electron chi connectivity index (χ4n) is 2.08. The van der Waals surface area contributed by atoms with Gasteiger partial charge in [0.15, 0.2) is 5.82 Å². The van der Waals surface area contributed by atoms with E-state index in [0.29, 0.717) is 18.3 Å². The van der Waals surface area contributed by atoms with Gasteiger partial charge in [-0.15, -0.1) is 0 Å². The number of aromatic nitrogens is 2. The predicted molar refractivity (Wildman–Crippen MR) is 65.2 cm³/mol. The van der Waals surface area contributed by atoms with Gasteiger partial charge in [0.1, 0.15) is 5.75 Å². The van der Waals surface area contributed by atoms with Gasteiger partial charge in [-0.05, 0) is 24.1 Å². The standard InChI is InChI=1S/C13H15N3O2/c1-9-15-13(18-16-9)8-14-7-10-2-3-12-11(6-10)4-5-17-12/h2-3,6,14H,4-5,7-8H2,1H3. The first kappa shape index (κ1) is 11.2. The summed E-state index contributed by atoms with van der Waals surface area (Å²) in [5.41, 5.74) is 2.54. The summed E-state index contributed by atoms with van der Waals surface area (Å²) < 4.78 is 10.5. The van der Waals surface area contributed by atoms with Crippen LogP contribution in [0.15, 0.2) is 22.7 Å². The SMILES string of the molecule is Cc1noc(CNCc2ccc3c(c2)CCO3)n1. The summed E-state index contributed by atoms with van der Waals surface area (Å²) in [6.07, 6.45) is 1.01. The Bertz CT molecular complexity index is 551. The Morgan fingerprint density at radius 2 is 2.28 bits per heavy atom. The van der Waals surface area contributed by atoms with Crippen molar-refractivity contribution in [2.24, 2.45) is 0 Å². The molecule has 1 aliphatic heterocycles. The van der Waals surface area contributed by atoms with Gasteiger partial charge in [-0.2, -0.15) is 4.98 Å². The minimum Gasteiger partial charge on any atom is -0.493 e. The van der Waals surface area contributed by atoms with Gasteiger partial charge in [0.25, 0.3) is 0 Å². The molecule has 18 heavy (non-hydrogen) atoms. The molecule has 0 bridgehead atoms. The van der Waals surface area contributed by atoms with E-state index in [1.54, 1.807) is 0 Å². The predicted octanol–water partition coefficient (Wildman–Crippen LogP) is 1.60. The average molecular weight is 245 g/mol. The maximum absolute atomic E-state index is 5.48. The second-order valence-electron chi connectivity index (χ2n) is 4.38. The maximum atomic E-state index is 5.48. The Kier molecular flexibility index (Phi) is 2.98. The van der Waals surface area contributed by atoms with Crippen LogP contribution in [0.4, 0.5) is 0 Å². The summed E-state index contributed by atoms with van der Waals surface area (Å²) in [6, 6.07) is 6.31. The van der Waals surface area contributed by atoms with Crippen LogP contribution in [0.2, 0.25) is 0 Å². The average Bonchev–Trinajstić information content (AvgIpc) is 2.97. The zero-order valence-electron chi connectivity index (χ0n) is 10.3. The number of nitrogens with one attached hydrogen (secondary N) is 1. The van der Waals surface area contributed by atoms with Gasteiger partial charge < -0.3 is 14.6 Å². The molecule has 0 radical (unpaired) electrons. The Labute approximate surface area is 105 Å². The fraction of sp³-hybridized carbons (Fsp3) is 0.385. The fourth-order valence-corrected chi connectivity index (χ4v) is 2.08. The molecule has 3 rings (SSSR count). The number of hydrogen-bond donors (Lipinski definition) is 1. The van der Waals surface area contributed by atoms with E-state index < -0.39 is 0 Å². The minimum atomic E-state index is 0.592. The molecule has 0 unspecified atom stereocenters. The van der Waals surface area contributed by atoms with Crippen LogP contribution in [-0.2, 0) is 19.5 Å². The van der Waals surface area contributed by atoms with Crippen LogP contribution in [0.3, 0.4) is 0 Å². The lowest BCUT2D eigenvalue weighted by Crippen LogP contribution is -2.13. The smallest absolute Gasteiger partial charge is 0.240 e. The van der Waals surface area contributed by atoms with E-state index in [4.69, 9.17) is 9.26 Å². The lowest BCUT2D eigenvalue weighted by Gasteiger charge is -2.04. The lowest BCUT2D eigenvalue weighted by atomic mass is 10.1. The van der Waals surface area contributed by atoms with Crippen molar-refractivity contribution >= 4 is 0 Å². The van der Waals surface area contributed by atoms with Crippen molar-refractivity contribution in [1.29, 1.82) is 0 Å². The minimum absolute atomic E-state index is 0.592. The van der Waals surface area contributed by atoms with Crippen molar-refractivity contribution in [3.05, 3.63) is 41.0 Å². The largest absolute Gasteiger partial charge is 0.493 e. The normalized spacial score (nSPS) is 13.4. The molecule has 1 aliphatic rings. The van der Waals surface area contributed by atoms with Crippen LogP contribution in [0, 0.1) is 6.92 Å². The van der Waals surface area contributed by atoms with E-state index in [9.17, 15) is 0 Å². The Morgan fingerprint density at radius 1 is 1.33 bits per heavy atom. The van der Waals surface area contributed by atoms with Crippen LogP contribution >= 0.6 is 0 Å². The number of ether oxygens (including phenoxy) is 1. The first-order chi connectivity index (χ1) is 8.81. The summed E-state index contributed by atoms with van der Waals surface area (Å²) in [5, 5.41) is 7.03. The first-order valence-electron chi connectivity index (χ1n) is 6.06. The molecule has 1 aromatic carbocycles. The highest BCUT2D eigenvalue weighted by atomic mass is 16.5.